The SMILES string of the molecule is CS(=O)(=O)N1CCCC(C(=O)Nc2ccc(Cl)cn2)C1. The van der Waals surface area contributed by atoms with Crippen LogP contribution in [0, 0.1) is 5.92 Å². The number of rotatable bonds is 3. The third-order valence-electron chi connectivity index (χ3n) is 3.20. The van der Waals surface area contributed by atoms with Gasteiger partial charge in [0.2, 0.25) is 15.9 Å². The number of anilines is 1. The van der Waals surface area contributed by atoms with Crippen molar-refractivity contribution in [3.05, 3.63) is 23.4 Å². The van der Waals surface area contributed by atoms with Crippen LogP contribution < -0.4 is 5.32 Å². The molecule has 1 N–H and O–H groups in total. The fraction of sp³-hybridized carbons (Fsp3) is 0.500. The minimum atomic E-state index is -3.25. The highest BCUT2D eigenvalue weighted by molar-refractivity contribution is 7.88. The molecule has 0 bridgehead atoms. The van der Waals surface area contributed by atoms with Crippen molar-refractivity contribution in [2.45, 2.75) is 12.8 Å². The van der Waals surface area contributed by atoms with Crippen LogP contribution in [0.5, 0.6) is 0 Å². The molecule has 2 heterocycles. The highest BCUT2D eigenvalue weighted by Crippen LogP contribution is 2.20. The Kier molecular flexibility index (Phi) is 4.62. The summed E-state index contributed by atoms with van der Waals surface area (Å²) in [4.78, 5) is 16.1. The summed E-state index contributed by atoms with van der Waals surface area (Å²) < 4.78 is 24.4. The van der Waals surface area contributed by atoms with Crippen LogP contribution in [0.15, 0.2) is 18.3 Å². The lowest BCUT2D eigenvalue weighted by molar-refractivity contribution is -0.120. The minimum absolute atomic E-state index is 0.215. The Morgan fingerprint density at radius 3 is 2.85 bits per heavy atom. The molecular weight excluding hydrogens is 302 g/mol. The number of sulfonamides is 1. The van der Waals surface area contributed by atoms with Gasteiger partial charge in [0.1, 0.15) is 5.82 Å². The van der Waals surface area contributed by atoms with Gasteiger partial charge in [-0.15, -0.1) is 0 Å². The quantitative estimate of drug-likeness (QED) is 0.912. The second-order valence-corrected chi connectivity index (χ2v) is 7.23. The Balaban J connectivity index is 2.00. The van der Waals surface area contributed by atoms with E-state index in [0.717, 1.165) is 6.26 Å². The number of hydrogen-bond acceptors (Lipinski definition) is 4. The molecule has 6 nitrogen and oxygen atoms in total. The lowest BCUT2D eigenvalue weighted by Crippen LogP contribution is -2.43. The Labute approximate surface area is 123 Å². The average molecular weight is 318 g/mol. The fourth-order valence-electron chi connectivity index (χ4n) is 2.14. The second kappa shape index (κ2) is 6.07. The van der Waals surface area contributed by atoms with E-state index < -0.39 is 10.0 Å². The van der Waals surface area contributed by atoms with Crippen molar-refractivity contribution in [3.63, 3.8) is 0 Å². The van der Waals surface area contributed by atoms with Crippen LogP contribution in [0.2, 0.25) is 5.02 Å². The van der Waals surface area contributed by atoms with E-state index in [9.17, 15) is 13.2 Å². The molecule has 0 saturated carbocycles. The second-order valence-electron chi connectivity index (χ2n) is 4.81. The maximum Gasteiger partial charge on any atom is 0.229 e. The van der Waals surface area contributed by atoms with Gasteiger partial charge < -0.3 is 5.32 Å². The van der Waals surface area contributed by atoms with Gasteiger partial charge in [0.15, 0.2) is 0 Å². The van der Waals surface area contributed by atoms with E-state index in [-0.39, 0.29) is 18.4 Å². The van der Waals surface area contributed by atoms with Crippen molar-refractivity contribution in [2.24, 2.45) is 5.92 Å². The Hall–Kier alpha value is -1.18. The van der Waals surface area contributed by atoms with Gasteiger partial charge >= 0.3 is 0 Å². The van der Waals surface area contributed by atoms with Crippen LogP contribution in [0.25, 0.3) is 0 Å². The van der Waals surface area contributed by atoms with E-state index in [2.05, 4.69) is 10.3 Å². The van der Waals surface area contributed by atoms with Crippen LogP contribution >= 0.6 is 11.6 Å². The third-order valence-corrected chi connectivity index (χ3v) is 4.70. The van der Waals surface area contributed by atoms with Crippen molar-refractivity contribution >= 4 is 33.3 Å². The monoisotopic (exact) mass is 317 g/mol. The lowest BCUT2D eigenvalue weighted by atomic mass is 9.99. The summed E-state index contributed by atoms with van der Waals surface area (Å²) in [5.74, 6) is -0.153. The van der Waals surface area contributed by atoms with E-state index in [1.54, 1.807) is 12.1 Å². The fourth-order valence-corrected chi connectivity index (χ4v) is 3.16. The molecule has 110 valence electrons. The highest BCUT2D eigenvalue weighted by Gasteiger charge is 2.30. The van der Waals surface area contributed by atoms with Gasteiger partial charge in [-0.25, -0.2) is 17.7 Å². The summed E-state index contributed by atoms with van der Waals surface area (Å²) in [7, 11) is -3.25. The number of hydrogen-bond donors (Lipinski definition) is 1. The van der Waals surface area contributed by atoms with Crippen LogP contribution in [-0.2, 0) is 14.8 Å². The first kappa shape index (κ1) is 15.2. The standard InChI is InChI=1S/C12H16ClN3O3S/c1-20(18,19)16-6-2-3-9(8-16)12(17)15-11-5-4-10(13)7-14-11/h4-5,7,9H,2-3,6,8H2,1H3,(H,14,15,17). The molecule has 1 aromatic rings. The first-order valence-electron chi connectivity index (χ1n) is 6.24. The highest BCUT2D eigenvalue weighted by atomic mass is 35.5. The number of nitrogens with one attached hydrogen (secondary N) is 1. The van der Waals surface area contributed by atoms with Crippen LogP contribution in [0.1, 0.15) is 12.8 Å². The molecule has 1 aromatic heterocycles. The van der Waals surface area contributed by atoms with Gasteiger partial charge in [0, 0.05) is 19.3 Å². The van der Waals surface area contributed by atoms with Gasteiger partial charge in [0.05, 0.1) is 17.2 Å². The molecule has 1 saturated heterocycles. The first-order valence-corrected chi connectivity index (χ1v) is 8.46. The number of halogens is 1. The molecule has 1 atom stereocenters. The zero-order chi connectivity index (χ0) is 14.8. The number of carbonyl (C=O) groups excluding carboxylic acids is 1. The Bertz CT molecular complexity index is 588. The number of aromatic nitrogens is 1. The molecule has 1 aliphatic heterocycles. The molecule has 20 heavy (non-hydrogen) atoms. The van der Waals surface area contributed by atoms with Gasteiger partial charge in [-0.1, -0.05) is 11.6 Å². The van der Waals surface area contributed by atoms with Gasteiger partial charge in [-0.3, -0.25) is 4.79 Å². The lowest BCUT2D eigenvalue weighted by Gasteiger charge is -2.29. The Morgan fingerprint density at radius 1 is 1.50 bits per heavy atom. The zero-order valence-electron chi connectivity index (χ0n) is 11.0. The zero-order valence-corrected chi connectivity index (χ0v) is 12.6. The smallest absolute Gasteiger partial charge is 0.229 e. The maximum absolute atomic E-state index is 12.1. The summed E-state index contributed by atoms with van der Waals surface area (Å²) in [6.45, 7) is 0.695. The van der Waals surface area contributed by atoms with Crippen LogP contribution in [-0.4, -0.2) is 43.0 Å². The van der Waals surface area contributed by atoms with E-state index in [4.69, 9.17) is 11.6 Å². The van der Waals surface area contributed by atoms with Gasteiger partial charge in [-0.2, -0.15) is 0 Å². The molecule has 2 rings (SSSR count). The van der Waals surface area contributed by atoms with E-state index in [1.165, 1.54) is 10.5 Å². The average Bonchev–Trinajstić information content (AvgIpc) is 2.40. The molecule has 1 aliphatic rings. The minimum Gasteiger partial charge on any atom is -0.310 e. The summed E-state index contributed by atoms with van der Waals surface area (Å²) >= 11 is 5.72. The number of piperidine rings is 1. The molecule has 0 aromatic carbocycles. The molecule has 1 unspecified atom stereocenters. The largest absolute Gasteiger partial charge is 0.310 e. The number of carbonyl (C=O) groups is 1. The predicted octanol–water partition coefficient (Wildman–Crippen LogP) is 1.35. The van der Waals surface area contributed by atoms with Gasteiger partial charge in [0.25, 0.3) is 0 Å². The van der Waals surface area contributed by atoms with Crippen molar-refractivity contribution in [1.29, 1.82) is 0 Å². The van der Waals surface area contributed by atoms with E-state index >= 15 is 0 Å². The van der Waals surface area contributed by atoms with Gasteiger partial charge in [-0.05, 0) is 25.0 Å². The van der Waals surface area contributed by atoms with Crippen LogP contribution in [0.3, 0.4) is 0 Å². The summed E-state index contributed by atoms with van der Waals surface area (Å²) in [5, 5.41) is 3.17. The molecule has 0 spiro atoms. The molecule has 8 heteroatoms. The van der Waals surface area contributed by atoms with Crippen molar-refractivity contribution in [3.8, 4) is 0 Å². The normalized spacial score (nSPS) is 20.6. The molecule has 0 aliphatic carbocycles. The van der Waals surface area contributed by atoms with Crippen molar-refractivity contribution < 1.29 is 13.2 Å². The number of pyridine rings is 1. The number of amides is 1. The Morgan fingerprint density at radius 2 is 2.25 bits per heavy atom. The summed E-state index contributed by atoms with van der Waals surface area (Å²) in [6.07, 6.45) is 3.96. The third kappa shape index (κ3) is 3.91. The maximum atomic E-state index is 12.1. The summed E-state index contributed by atoms with van der Waals surface area (Å²) in [5.41, 5.74) is 0. The molecular formula is C12H16ClN3O3S. The van der Waals surface area contributed by atoms with E-state index in [0.29, 0.717) is 30.2 Å². The number of nitrogens with zero attached hydrogens (tertiary/aromatic N) is 2. The van der Waals surface area contributed by atoms with Crippen molar-refractivity contribution in [1.82, 2.24) is 9.29 Å². The predicted molar refractivity (Wildman–Crippen MR) is 77.0 cm³/mol. The molecule has 1 fully saturated rings. The topological polar surface area (TPSA) is 79.4 Å². The van der Waals surface area contributed by atoms with Crippen molar-refractivity contribution in [2.75, 3.05) is 24.7 Å². The van der Waals surface area contributed by atoms with E-state index in [1.807, 2.05) is 0 Å². The molecule has 0 radical (unpaired) electrons. The first-order chi connectivity index (χ1) is 9.36. The summed E-state index contributed by atoms with van der Waals surface area (Å²) in [6, 6.07) is 3.24. The van der Waals surface area contributed by atoms with Crippen LogP contribution in [0.4, 0.5) is 5.82 Å². The molecule has 1 amide bonds.